The van der Waals surface area contributed by atoms with Gasteiger partial charge in [0.15, 0.2) is 12.2 Å². The molecule has 0 heterocycles. The van der Waals surface area contributed by atoms with E-state index in [-0.39, 0.29) is 25.7 Å². The number of aliphatic hydroxyl groups is 1. The van der Waals surface area contributed by atoms with Crippen LogP contribution in [0, 0.1) is 11.8 Å². The van der Waals surface area contributed by atoms with Crippen LogP contribution in [0.4, 0.5) is 0 Å². The zero-order valence-corrected chi connectivity index (χ0v) is 62.5. The summed E-state index contributed by atoms with van der Waals surface area (Å²) in [5.41, 5.74) is 0. The van der Waals surface area contributed by atoms with Gasteiger partial charge in [0.1, 0.15) is 19.3 Å². The van der Waals surface area contributed by atoms with Crippen LogP contribution in [-0.4, -0.2) is 96.7 Å². The predicted octanol–water partition coefficient (Wildman–Crippen LogP) is 21.5. The lowest BCUT2D eigenvalue weighted by molar-refractivity contribution is -0.161. The molecule has 0 fully saturated rings. The fourth-order valence-corrected chi connectivity index (χ4v) is 12.5. The van der Waals surface area contributed by atoms with Crippen molar-refractivity contribution >= 4 is 39.5 Å². The monoisotopic (exact) mass is 1380 g/mol. The van der Waals surface area contributed by atoms with Crippen LogP contribution in [0.3, 0.4) is 0 Å². The minimum atomic E-state index is -4.96. The van der Waals surface area contributed by atoms with E-state index in [9.17, 15) is 43.2 Å². The molecule has 0 rings (SSSR count). The van der Waals surface area contributed by atoms with Gasteiger partial charge in [-0.05, 0) is 63.2 Å². The fourth-order valence-electron chi connectivity index (χ4n) is 10.9. The second kappa shape index (κ2) is 66.4. The molecule has 0 saturated carbocycles. The normalized spacial score (nSPS) is 14.5. The number of carbonyl (C=O) groups is 4. The van der Waals surface area contributed by atoms with Crippen LogP contribution in [0.15, 0.2) is 24.3 Å². The summed E-state index contributed by atoms with van der Waals surface area (Å²) in [4.78, 5) is 72.7. The van der Waals surface area contributed by atoms with Crippen LogP contribution in [0.1, 0.15) is 363 Å². The molecule has 3 N–H and O–H groups in total. The highest BCUT2D eigenvalue weighted by Crippen LogP contribution is 2.45. The minimum absolute atomic E-state index is 0.101. The summed E-state index contributed by atoms with van der Waals surface area (Å²) in [6, 6.07) is 0. The fraction of sp³-hybridized carbons (Fsp3) is 0.893. The lowest BCUT2D eigenvalue weighted by atomic mass is 10.00. The van der Waals surface area contributed by atoms with Crippen molar-refractivity contribution in [3.05, 3.63) is 24.3 Å². The van der Waals surface area contributed by atoms with Crippen LogP contribution in [0.25, 0.3) is 0 Å². The molecule has 19 heteroatoms. The van der Waals surface area contributed by atoms with Crippen molar-refractivity contribution in [3.8, 4) is 0 Å². The number of phosphoric ester groups is 2. The van der Waals surface area contributed by atoms with Gasteiger partial charge in [-0.25, -0.2) is 9.13 Å². The SMILES string of the molecule is CCCCCC/C=C\C=C/CCCCCCCC(=O)OC[C@H](COP(=O)(O)OC[C@@H](O)COP(=O)(O)OC[C@@H](COC(=O)CCCCCCCCC(C)CC)OC(=O)CCCCCCCCCCCCC(C)C)OC(=O)CCCCCCCCCCCCCCCCCC. The highest BCUT2D eigenvalue weighted by atomic mass is 31.2. The second-order valence-corrected chi connectivity index (χ2v) is 30.0. The Morgan fingerprint density at radius 1 is 0.351 bits per heavy atom. The minimum Gasteiger partial charge on any atom is -0.462 e. The number of phosphoric acid groups is 2. The van der Waals surface area contributed by atoms with Gasteiger partial charge >= 0.3 is 39.5 Å². The van der Waals surface area contributed by atoms with Crippen LogP contribution < -0.4 is 0 Å². The maximum atomic E-state index is 13.1. The van der Waals surface area contributed by atoms with E-state index < -0.39 is 97.5 Å². The van der Waals surface area contributed by atoms with E-state index >= 15 is 0 Å². The third kappa shape index (κ3) is 66.8. The van der Waals surface area contributed by atoms with Gasteiger partial charge in [-0.15, -0.1) is 0 Å². The average molecular weight is 1380 g/mol. The zero-order valence-electron chi connectivity index (χ0n) is 60.7. The molecular weight excluding hydrogens is 1230 g/mol. The number of hydrogen-bond donors (Lipinski definition) is 3. The number of hydrogen-bond acceptors (Lipinski definition) is 15. The number of allylic oxidation sites excluding steroid dienone is 4. The lowest BCUT2D eigenvalue weighted by Gasteiger charge is -2.21. The summed E-state index contributed by atoms with van der Waals surface area (Å²) < 4.78 is 68.4. The third-order valence-corrected chi connectivity index (χ3v) is 19.1. The Morgan fingerprint density at radius 2 is 0.628 bits per heavy atom. The third-order valence-electron chi connectivity index (χ3n) is 17.2. The highest BCUT2D eigenvalue weighted by Gasteiger charge is 2.30. The van der Waals surface area contributed by atoms with Gasteiger partial charge in [-0.2, -0.15) is 0 Å². The molecule has 0 aromatic rings. The highest BCUT2D eigenvalue weighted by molar-refractivity contribution is 7.47. The molecule has 0 bridgehead atoms. The van der Waals surface area contributed by atoms with Crippen molar-refractivity contribution in [2.24, 2.45) is 11.8 Å². The molecule has 0 amide bonds. The largest absolute Gasteiger partial charge is 0.472 e. The Hall–Kier alpha value is -2.46. The van der Waals surface area contributed by atoms with Crippen molar-refractivity contribution < 1.29 is 80.2 Å². The molecule has 0 saturated heterocycles. The Morgan fingerprint density at radius 3 is 0.957 bits per heavy atom. The first-order chi connectivity index (χ1) is 45.4. The molecule has 17 nitrogen and oxygen atoms in total. The summed E-state index contributed by atoms with van der Waals surface area (Å²) in [5.74, 6) is -0.669. The van der Waals surface area contributed by atoms with E-state index in [1.165, 1.54) is 154 Å². The lowest BCUT2D eigenvalue weighted by Crippen LogP contribution is -2.30. The summed E-state index contributed by atoms with van der Waals surface area (Å²) in [6.45, 7) is 9.47. The van der Waals surface area contributed by atoms with Crippen molar-refractivity contribution in [1.82, 2.24) is 0 Å². The van der Waals surface area contributed by atoms with Crippen LogP contribution in [-0.2, 0) is 65.4 Å². The van der Waals surface area contributed by atoms with E-state index in [1.54, 1.807) is 0 Å². The number of rotatable bonds is 72. The van der Waals surface area contributed by atoms with Crippen molar-refractivity contribution in [2.75, 3.05) is 39.6 Å². The number of esters is 4. The Balaban J connectivity index is 5.29. The standard InChI is InChI=1S/C75H142O17P2/c1-7-10-12-14-16-18-20-22-24-26-28-30-35-39-47-53-59-74(79)91-70(63-85-72(77)57-51-45-38-34-29-27-25-23-21-19-17-15-13-11-8-2)65-89-93(81,82)87-61-69(76)62-88-94(83,84)90-66-71(64-86-73(78)58-52-46-42-41-44-50-56-68(6)9-3)92-75(80)60-54-48-40-36-32-31-33-37-43-49-55-67(4)5/h19,21,23,25,67-71,76H,7-18,20,22,24,26-66H2,1-6H3,(H,81,82)(H,83,84)/b21-19-,25-23-/t68?,69-,70-,71-/m1/s1. The number of unbranched alkanes of at least 4 members (excludes halogenated alkanes) is 38. The van der Waals surface area contributed by atoms with E-state index in [0.29, 0.717) is 25.7 Å². The van der Waals surface area contributed by atoms with Gasteiger partial charge in [0, 0.05) is 25.7 Å². The molecule has 554 valence electrons. The van der Waals surface area contributed by atoms with E-state index in [1.807, 2.05) is 0 Å². The van der Waals surface area contributed by atoms with Crippen LogP contribution >= 0.6 is 15.6 Å². The summed E-state index contributed by atoms with van der Waals surface area (Å²) in [7, 11) is -9.92. The van der Waals surface area contributed by atoms with Gasteiger partial charge in [-0.3, -0.25) is 37.3 Å². The molecule has 94 heavy (non-hydrogen) atoms. The second-order valence-electron chi connectivity index (χ2n) is 27.1. The van der Waals surface area contributed by atoms with Gasteiger partial charge in [-0.1, -0.05) is 310 Å². The maximum Gasteiger partial charge on any atom is 0.472 e. The van der Waals surface area contributed by atoms with Crippen molar-refractivity contribution in [1.29, 1.82) is 0 Å². The van der Waals surface area contributed by atoms with Gasteiger partial charge < -0.3 is 33.8 Å². The molecule has 0 aliphatic heterocycles. The van der Waals surface area contributed by atoms with Crippen LogP contribution in [0.2, 0.25) is 0 Å². The molecule has 0 spiro atoms. The first kappa shape index (κ1) is 91.5. The number of aliphatic hydroxyl groups excluding tert-OH is 1. The quantitative estimate of drug-likeness (QED) is 0.0169. The summed E-state index contributed by atoms with van der Waals surface area (Å²) >= 11 is 0. The van der Waals surface area contributed by atoms with Crippen molar-refractivity contribution in [3.63, 3.8) is 0 Å². The summed E-state index contributed by atoms with van der Waals surface area (Å²) in [6.07, 6.45) is 56.3. The Labute approximate surface area is 573 Å². The number of carbonyl (C=O) groups excluding carboxylic acids is 4. The molecular formula is C75H142O17P2. The molecule has 3 unspecified atom stereocenters. The summed E-state index contributed by atoms with van der Waals surface area (Å²) in [5, 5.41) is 10.6. The maximum absolute atomic E-state index is 13.1. The topological polar surface area (TPSA) is 237 Å². The molecule has 0 aliphatic carbocycles. The molecule has 0 aliphatic rings. The molecule has 6 atom stereocenters. The molecule has 0 radical (unpaired) electrons. The predicted molar refractivity (Wildman–Crippen MR) is 381 cm³/mol. The zero-order chi connectivity index (χ0) is 69.3. The first-order valence-electron chi connectivity index (χ1n) is 38.3. The van der Waals surface area contributed by atoms with E-state index in [2.05, 4.69) is 65.8 Å². The first-order valence-corrected chi connectivity index (χ1v) is 41.3. The van der Waals surface area contributed by atoms with Crippen LogP contribution in [0.5, 0.6) is 0 Å². The molecule has 0 aromatic heterocycles. The smallest absolute Gasteiger partial charge is 0.462 e. The average Bonchev–Trinajstić information content (AvgIpc) is 1.46. The van der Waals surface area contributed by atoms with Crippen molar-refractivity contribution in [2.45, 2.75) is 381 Å². The van der Waals surface area contributed by atoms with E-state index in [4.69, 9.17) is 37.0 Å². The van der Waals surface area contributed by atoms with Gasteiger partial charge in [0.2, 0.25) is 0 Å². The van der Waals surface area contributed by atoms with E-state index in [0.717, 1.165) is 127 Å². The Kier molecular flexibility index (Phi) is 64.7. The number of ether oxygens (including phenoxy) is 4. The Bertz CT molecular complexity index is 1920. The molecule has 0 aromatic carbocycles. The van der Waals surface area contributed by atoms with Gasteiger partial charge in [0.25, 0.3) is 0 Å². The van der Waals surface area contributed by atoms with Gasteiger partial charge in [0.05, 0.1) is 26.4 Å².